The molecule has 3 heteroatoms. The highest BCUT2D eigenvalue weighted by molar-refractivity contribution is 5.83. The van der Waals surface area contributed by atoms with E-state index in [0.29, 0.717) is 13.2 Å². The lowest BCUT2D eigenvalue weighted by Gasteiger charge is -2.08. The number of pyridine rings is 1. The molecule has 0 atom stereocenters. The van der Waals surface area contributed by atoms with E-state index in [2.05, 4.69) is 23.2 Å². The van der Waals surface area contributed by atoms with E-state index in [0.717, 1.165) is 17.1 Å². The molecule has 20 heavy (non-hydrogen) atoms. The lowest BCUT2D eigenvalue weighted by Crippen LogP contribution is -2.04. The van der Waals surface area contributed by atoms with Crippen LogP contribution in [0.5, 0.6) is 5.75 Å². The van der Waals surface area contributed by atoms with Gasteiger partial charge >= 0.3 is 0 Å². The van der Waals surface area contributed by atoms with Gasteiger partial charge in [0, 0.05) is 6.54 Å². The Morgan fingerprint density at radius 3 is 2.50 bits per heavy atom. The molecule has 1 aromatic heterocycles. The predicted molar refractivity (Wildman–Crippen MR) is 80.4 cm³/mol. The Bertz CT molecular complexity index is 725. The van der Waals surface area contributed by atoms with Crippen molar-refractivity contribution >= 4 is 10.8 Å². The molecule has 3 aromatic rings. The zero-order valence-electron chi connectivity index (χ0n) is 11.1. The average Bonchev–Trinajstić information content (AvgIpc) is 2.53. The van der Waals surface area contributed by atoms with E-state index in [1.807, 2.05) is 42.5 Å². The SMILES string of the molecule is NCc1cccc(COc2ccc3ccccc3c2)n1. The van der Waals surface area contributed by atoms with E-state index in [9.17, 15) is 0 Å². The first-order valence-corrected chi connectivity index (χ1v) is 6.61. The van der Waals surface area contributed by atoms with Crippen LogP contribution >= 0.6 is 0 Å². The molecular formula is C17H16N2O. The quantitative estimate of drug-likeness (QED) is 0.786. The topological polar surface area (TPSA) is 48.1 Å². The van der Waals surface area contributed by atoms with Crippen molar-refractivity contribution in [1.29, 1.82) is 0 Å². The summed E-state index contributed by atoms with van der Waals surface area (Å²) in [5.74, 6) is 0.851. The van der Waals surface area contributed by atoms with Crippen molar-refractivity contribution in [3.8, 4) is 5.75 Å². The van der Waals surface area contributed by atoms with E-state index in [4.69, 9.17) is 10.5 Å². The summed E-state index contributed by atoms with van der Waals surface area (Å²) in [6.45, 7) is 0.899. The maximum atomic E-state index is 5.80. The molecule has 0 aliphatic rings. The van der Waals surface area contributed by atoms with Gasteiger partial charge in [0.25, 0.3) is 0 Å². The maximum absolute atomic E-state index is 5.80. The van der Waals surface area contributed by atoms with Gasteiger partial charge in [0.05, 0.1) is 11.4 Å². The molecule has 0 aliphatic carbocycles. The Morgan fingerprint density at radius 1 is 0.850 bits per heavy atom. The molecule has 0 saturated heterocycles. The van der Waals surface area contributed by atoms with Crippen LogP contribution in [0.3, 0.4) is 0 Å². The summed E-state index contributed by atoms with van der Waals surface area (Å²) in [4.78, 5) is 4.42. The lowest BCUT2D eigenvalue weighted by atomic mass is 10.1. The second-order valence-electron chi connectivity index (χ2n) is 4.62. The largest absolute Gasteiger partial charge is 0.487 e. The van der Waals surface area contributed by atoms with Gasteiger partial charge in [-0.3, -0.25) is 4.98 Å². The molecule has 0 bridgehead atoms. The van der Waals surface area contributed by atoms with Crippen molar-refractivity contribution in [2.24, 2.45) is 5.73 Å². The summed E-state index contributed by atoms with van der Waals surface area (Å²) in [5, 5.41) is 2.39. The van der Waals surface area contributed by atoms with Crippen LogP contribution in [-0.2, 0) is 13.2 Å². The van der Waals surface area contributed by atoms with Crippen LogP contribution in [0.2, 0.25) is 0 Å². The third-order valence-electron chi connectivity index (χ3n) is 3.18. The van der Waals surface area contributed by atoms with Gasteiger partial charge in [-0.05, 0) is 35.0 Å². The summed E-state index contributed by atoms with van der Waals surface area (Å²) in [6.07, 6.45) is 0. The Morgan fingerprint density at radius 2 is 1.65 bits per heavy atom. The number of benzene rings is 2. The standard InChI is InChI=1S/C17H16N2O/c18-11-15-6-3-7-16(19-15)12-20-17-9-8-13-4-1-2-5-14(13)10-17/h1-10H,11-12,18H2. The van der Waals surface area contributed by atoms with E-state index >= 15 is 0 Å². The summed E-state index contributed by atoms with van der Waals surface area (Å²) >= 11 is 0. The molecule has 2 N–H and O–H groups in total. The number of rotatable bonds is 4. The van der Waals surface area contributed by atoms with Gasteiger partial charge in [0.15, 0.2) is 0 Å². The van der Waals surface area contributed by atoms with Crippen LogP contribution in [-0.4, -0.2) is 4.98 Å². The molecular weight excluding hydrogens is 248 g/mol. The molecule has 1 heterocycles. The summed E-state index contributed by atoms with van der Waals surface area (Å²) in [7, 11) is 0. The second kappa shape index (κ2) is 5.72. The van der Waals surface area contributed by atoms with E-state index < -0.39 is 0 Å². The first-order valence-electron chi connectivity index (χ1n) is 6.61. The Labute approximate surface area is 118 Å². The molecule has 0 amide bonds. The highest BCUT2D eigenvalue weighted by atomic mass is 16.5. The van der Waals surface area contributed by atoms with Gasteiger partial charge in [0.1, 0.15) is 12.4 Å². The average molecular weight is 264 g/mol. The minimum Gasteiger partial charge on any atom is -0.487 e. The van der Waals surface area contributed by atoms with Crippen molar-refractivity contribution in [2.75, 3.05) is 0 Å². The van der Waals surface area contributed by atoms with E-state index in [-0.39, 0.29) is 0 Å². The first kappa shape index (κ1) is 12.6. The lowest BCUT2D eigenvalue weighted by molar-refractivity contribution is 0.301. The Balaban J connectivity index is 1.76. The summed E-state index contributed by atoms with van der Waals surface area (Å²) < 4.78 is 5.80. The van der Waals surface area contributed by atoms with Crippen molar-refractivity contribution in [2.45, 2.75) is 13.2 Å². The van der Waals surface area contributed by atoms with Gasteiger partial charge in [-0.15, -0.1) is 0 Å². The second-order valence-corrected chi connectivity index (χ2v) is 4.62. The van der Waals surface area contributed by atoms with Crippen molar-refractivity contribution in [3.63, 3.8) is 0 Å². The highest BCUT2D eigenvalue weighted by Gasteiger charge is 2.00. The molecule has 100 valence electrons. The minimum atomic E-state index is 0.448. The third-order valence-corrected chi connectivity index (χ3v) is 3.18. The molecule has 0 spiro atoms. The van der Waals surface area contributed by atoms with Crippen LogP contribution < -0.4 is 10.5 Å². The van der Waals surface area contributed by atoms with E-state index in [1.54, 1.807) is 0 Å². The monoisotopic (exact) mass is 264 g/mol. The smallest absolute Gasteiger partial charge is 0.130 e. The van der Waals surface area contributed by atoms with Crippen molar-refractivity contribution in [1.82, 2.24) is 4.98 Å². The Hall–Kier alpha value is -2.39. The van der Waals surface area contributed by atoms with Crippen molar-refractivity contribution in [3.05, 3.63) is 72.1 Å². The zero-order valence-corrected chi connectivity index (χ0v) is 11.1. The molecule has 0 radical (unpaired) electrons. The van der Waals surface area contributed by atoms with Crippen molar-refractivity contribution < 1.29 is 4.74 Å². The number of hydrogen-bond acceptors (Lipinski definition) is 3. The summed E-state index contributed by atoms with van der Waals surface area (Å²) in [6, 6.07) is 20.1. The molecule has 0 unspecified atom stereocenters. The number of nitrogens with two attached hydrogens (primary N) is 1. The van der Waals surface area contributed by atoms with Crippen LogP contribution in [0.1, 0.15) is 11.4 Å². The maximum Gasteiger partial charge on any atom is 0.130 e. The fourth-order valence-corrected chi connectivity index (χ4v) is 2.14. The van der Waals surface area contributed by atoms with Gasteiger partial charge in [-0.2, -0.15) is 0 Å². The van der Waals surface area contributed by atoms with E-state index in [1.165, 1.54) is 10.8 Å². The highest BCUT2D eigenvalue weighted by Crippen LogP contribution is 2.21. The zero-order chi connectivity index (χ0) is 13.8. The number of hydrogen-bond donors (Lipinski definition) is 1. The minimum absolute atomic E-state index is 0.448. The molecule has 3 nitrogen and oxygen atoms in total. The van der Waals surface area contributed by atoms with Gasteiger partial charge < -0.3 is 10.5 Å². The fourth-order valence-electron chi connectivity index (χ4n) is 2.14. The van der Waals surface area contributed by atoms with Crippen LogP contribution in [0.4, 0.5) is 0 Å². The van der Waals surface area contributed by atoms with Crippen LogP contribution in [0.25, 0.3) is 10.8 Å². The number of fused-ring (bicyclic) bond motifs is 1. The first-order chi connectivity index (χ1) is 9.85. The van der Waals surface area contributed by atoms with Gasteiger partial charge in [-0.1, -0.05) is 36.4 Å². The van der Waals surface area contributed by atoms with Crippen LogP contribution in [0.15, 0.2) is 60.7 Å². The predicted octanol–water partition coefficient (Wildman–Crippen LogP) is 3.27. The molecule has 0 saturated carbocycles. The molecule has 2 aromatic carbocycles. The number of aromatic nitrogens is 1. The molecule has 3 rings (SSSR count). The normalized spacial score (nSPS) is 10.7. The molecule has 0 aliphatic heterocycles. The number of nitrogens with zero attached hydrogens (tertiary/aromatic N) is 1. The van der Waals surface area contributed by atoms with Gasteiger partial charge in [0.2, 0.25) is 0 Å². The number of ether oxygens (including phenoxy) is 1. The van der Waals surface area contributed by atoms with Gasteiger partial charge in [-0.25, -0.2) is 0 Å². The van der Waals surface area contributed by atoms with Crippen LogP contribution in [0, 0.1) is 0 Å². The molecule has 0 fully saturated rings. The third kappa shape index (κ3) is 2.78. The Kier molecular flexibility index (Phi) is 3.61. The summed E-state index contributed by atoms with van der Waals surface area (Å²) in [5.41, 5.74) is 7.35. The fraction of sp³-hybridized carbons (Fsp3) is 0.118.